The Bertz CT molecular complexity index is 1740. The van der Waals surface area contributed by atoms with Crippen LogP contribution < -0.4 is 21.3 Å². The Labute approximate surface area is 284 Å². The molecule has 0 aliphatic carbocycles. The lowest BCUT2D eigenvalue weighted by Crippen LogP contribution is -2.55. The van der Waals surface area contributed by atoms with Gasteiger partial charge in [-0.3, -0.25) is 24.0 Å². The third-order valence-corrected chi connectivity index (χ3v) is 8.94. The van der Waals surface area contributed by atoms with Crippen molar-refractivity contribution in [2.24, 2.45) is 7.05 Å². The van der Waals surface area contributed by atoms with Crippen molar-refractivity contribution in [3.05, 3.63) is 78.0 Å². The van der Waals surface area contributed by atoms with Crippen LogP contribution in [-0.2, 0) is 42.2 Å². The second kappa shape index (κ2) is 16.1. The van der Waals surface area contributed by atoms with Crippen LogP contribution in [-0.4, -0.2) is 87.3 Å². The van der Waals surface area contributed by atoms with Crippen molar-refractivity contribution in [2.45, 2.75) is 69.1 Å². The average molecular weight is 671 g/mol. The maximum Gasteiger partial charge on any atom is 0.326 e. The van der Waals surface area contributed by atoms with Gasteiger partial charge >= 0.3 is 5.97 Å². The van der Waals surface area contributed by atoms with E-state index >= 15 is 0 Å². The first kappa shape index (κ1) is 34.9. The van der Waals surface area contributed by atoms with Crippen molar-refractivity contribution in [1.82, 2.24) is 30.7 Å². The van der Waals surface area contributed by atoms with Crippen molar-refractivity contribution in [1.29, 1.82) is 0 Å². The van der Waals surface area contributed by atoms with Gasteiger partial charge in [-0.05, 0) is 55.4 Å². The molecule has 13 heteroatoms. The molecule has 3 aromatic rings. The van der Waals surface area contributed by atoms with Crippen LogP contribution in [0.15, 0.2) is 66.9 Å². The summed E-state index contributed by atoms with van der Waals surface area (Å²) in [6.07, 6.45) is 5.97. The third-order valence-electron chi connectivity index (χ3n) is 8.94. The SMILES string of the molecule is Cn1cc(CC(=O)N[C@@H]2C[C@H]3C(=O)N[C@H](C(=O)O)CCC(=O)NCCCC[C@H](NC(=O)C=Cc4ccccc4)C(=O)N3C2)c2ccccc21. The number of aryl methyl sites for hydroxylation is 1. The topological polar surface area (TPSA) is 179 Å². The molecule has 4 atom stereocenters. The zero-order valence-corrected chi connectivity index (χ0v) is 27.4. The Hall–Kier alpha value is -5.46. The van der Waals surface area contributed by atoms with Crippen molar-refractivity contribution in [2.75, 3.05) is 13.1 Å². The number of carboxylic acids is 1. The van der Waals surface area contributed by atoms with E-state index in [0.717, 1.165) is 22.0 Å². The van der Waals surface area contributed by atoms with E-state index in [0.29, 0.717) is 19.4 Å². The Balaban J connectivity index is 1.36. The molecule has 2 fully saturated rings. The van der Waals surface area contributed by atoms with E-state index in [-0.39, 0.29) is 50.5 Å². The molecule has 5 N–H and O–H groups in total. The molecule has 0 unspecified atom stereocenters. The van der Waals surface area contributed by atoms with E-state index in [1.54, 1.807) is 6.08 Å². The highest BCUT2D eigenvalue weighted by molar-refractivity contribution is 5.97. The number of aliphatic carboxylic acids is 1. The van der Waals surface area contributed by atoms with Crippen molar-refractivity contribution in [3.8, 4) is 0 Å². The molecule has 0 radical (unpaired) electrons. The highest BCUT2D eigenvalue weighted by atomic mass is 16.4. The second-order valence-corrected chi connectivity index (χ2v) is 12.6. The van der Waals surface area contributed by atoms with Crippen LogP contribution in [0.25, 0.3) is 17.0 Å². The number of fused-ring (bicyclic) bond motifs is 2. The van der Waals surface area contributed by atoms with E-state index < -0.39 is 47.9 Å². The molecular weight excluding hydrogens is 628 g/mol. The molecule has 3 heterocycles. The number of carbonyl (C=O) groups is 6. The number of para-hydroxylation sites is 1. The van der Waals surface area contributed by atoms with Gasteiger partial charge in [-0.2, -0.15) is 0 Å². The molecular formula is C36H42N6O7. The second-order valence-electron chi connectivity index (χ2n) is 12.6. The van der Waals surface area contributed by atoms with Gasteiger partial charge in [0, 0.05) is 55.8 Å². The predicted molar refractivity (Wildman–Crippen MR) is 182 cm³/mol. The minimum absolute atomic E-state index is 0.0117. The average Bonchev–Trinajstić information content (AvgIpc) is 3.64. The lowest BCUT2D eigenvalue weighted by Gasteiger charge is -2.29. The molecule has 0 spiro atoms. The number of nitrogens with zero attached hydrogens (tertiary/aromatic N) is 2. The first-order chi connectivity index (χ1) is 23.6. The summed E-state index contributed by atoms with van der Waals surface area (Å²) in [5, 5.41) is 21.7. The van der Waals surface area contributed by atoms with E-state index in [9.17, 15) is 33.9 Å². The number of aromatic nitrogens is 1. The maximum atomic E-state index is 14.2. The minimum atomic E-state index is -1.36. The van der Waals surface area contributed by atoms with Crippen LogP contribution in [0.5, 0.6) is 0 Å². The fourth-order valence-electron chi connectivity index (χ4n) is 6.45. The Morgan fingerprint density at radius 2 is 1.73 bits per heavy atom. The smallest absolute Gasteiger partial charge is 0.326 e. The van der Waals surface area contributed by atoms with Crippen LogP contribution in [0, 0.1) is 0 Å². The number of nitrogens with one attached hydrogen (secondary N) is 4. The van der Waals surface area contributed by atoms with Crippen molar-refractivity contribution < 1.29 is 33.9 Å². The van der Waals surface area contributed by atoms with Gasteiger partial charge in [0.05, 0.1) is 6.42 Å². The normalized spacial score (nSPS) is 22.5. The van der Waals surface area contributed by atoms with Crippen molar-refractivity contribution in [3.63, 3.8) is 0 Å². The fraction of sp³-hybridized carbons (Fsp3) is 0.389. The third kappa shape index (κ3) is 9.12. The highest BCUT2D eigenvalue weighted by Crippen LogP contribution is 2.24. The summed E-state index contributed by atoms with van der Waals surface area (Å²) in [4.78, 5) is 79.9. The zero-order valence-electron chi connectivity index (χ0n) is 27.4. The van der Waals surface area contributed by atoms with Gasteiger partial charge in [-0.1, -0.05) is 48.5 Å². The highest BCUT2D eigenvalue weighted by Gasteiger charge is 2.43. The first-order valence-electron chi connectivity index (χ1n) is 16.6. The lowest BCUT2D eigenvalue weighted by molar-refractivity contribution is -0.145. The van der Waals surface area contributed by atoms with Gasteiger partial charge in [-0.15, -0.1) is 0 Å². The molecule has 2 aromatic carbocycles. The number of benzene rings is 2. The van der Waals surface area contributed by atoms with Crippen LogP contribution in [0.3, 0.4) is 0 Å². The molecule has 49 heavy (non-hydrogen) atoms. The monoisotopic (exact) mass is 670 g/mol. The largest absolute Gasteiger partial charge is 0.480 e. The molecule has 2 aliphatic rings. The Kier molecular flexibility index (Phi) is 11.4. The van der Waals surface area contributed by atoms with Gasteiger partial charge in [0.2, 0.25) is 29.5 Å². The maximum absolute atomic E-state index is 14.2. The molecule has 2 saturated heterocycles. The standard InChI is InChI=1S/C36H42N6O7/c1-41-21-24(26-11-5-6-13-29(26)41)19-33(45)38-25-20-30-34(46)40-28(36(48)49)15-17-31(43)37-18-8-7-12-27(35(47)42(30)22-25)39-32(44)16-14-23-9-3-2-4-10-23/h2-6,9-11,13-14,16,21,25,27-28,30H,7-8,12,15,17-20,22H2,1H3,(H,37,43)(H,38,45)(H,39,44)(H,40,46)(H,48,49)/t25-,27+,28+,30+/m1/s1. The number of carboxylic acid groups (broad SMARTS) is 1. The van der Waals surface area contributed by atoms with Gasteiger partial charge < -0.3 is 35.8 Å². The van der Waals surface area contributed by atoms with E-state index in [4.69, 9.17) is 0 Å². The fourth-order valence-corrected chi connectivity index (χ4v) is 6.45. The minimum Gasteiger partial charge on any atom is -0.480 e. The van der Waals surface area contributed by atoms with Gasteiger partial charge in [0.1, 0.15) is 18.1 Å². The predicted octanol–water partition coefficient (Wildman–Crippen LogP) is 1.65. The number of hydrogen-bond acceptors (Lipinski definition) is 6. The summed E-state index contributed by atoms with van der Waals surface area (Å²) in [7, 11) is 1.90. The quantitative estimate of drug-likeness (QED) is 0.237. The van der Waals surface area contributed by atoms with Gasteiger partial charge in [-0.25, -0.2) is 4.79 Å². The number of carbonyl (C=O) groups excluding carboxylic acids is 5. The molecule has 1 aromatic heterocycles. The summed E-state index contributed by atoms with van der Waals surface area (Å²) < 4.78 is 1.94. The first-order valence-corrected chi connectivity index (χ1v) is 16.6. The summed E-state index contributed by atoms with van der Waals surface area (Å²) in [5.74, 6) is -3.67. The van der Waals surface area contributed by atoms with Gasteiger partial charge in [0.15, 0.2) is 0 Å². The summed E-state index contributed by atoms with van der Waals surface area (Å²) in [6, 6.07) is 12.8. The van der Waals surface area contributed by atoms with Crippen LogP contribution in [0.1, 0.15) is 49.7 Å². The molecule has 13 nitrogen and oxygen atoms in total. The molecule has 5 rings (SSSR count). The number of hydrogen-bond donors (Lipinski definition) is 5. The Morgan fingerprint density at radius 3 is 2.51 bits per heavy atom. The van der Waals surface area contributed by atoms with E-state index in [1.807, 2.05) is 72.4 Å². The van der Waals surface area contributed by atoms with Crippen molar-refractivity contribution >= 4 is 52.5 Å². The number of rotatable bonds is 7. The summed E-state index contributed by atoms with van der Waals surface area (Å²) in [6.45, 7) is 0.297. The molecule has 258 valence electrons. The number of amides is 5. The van der Waals surface area contributed by atoms with E-state index in [2.05, 4.69) is 21.3 Å². The summed E-state index contributed by atoms with van der Waals surface area (Å²) >= 11 is 0. The zero-order chi connectivity index (χ0) is 34.9. The lowest BCUT2D eigenvalue weighted by atomic mass is 10.1. The van der Waals surface area contributed by atoms with Crippen LogP contribution >= 0.6 is 0 Å². The molecule has 2 aliphatic heterocycles. The van der Waals surface area contributed by atoms with Gasteiger partial charge in [0.25, 0.3) is 0 Å². The summed E-state index contributed by atoms with van der Waals surface area (Å²) in [5.41, 5.74) is 2.61. The van der Waals surface area contributed by atoms with Crippen LogP contribution in [0.2, 0.25) is 0 Å². The van der Waals surface area contributed by atoms with E-state index in [1.165, 1.54) is 11.0 Å². The molecule has 5 amide bonds. The Morgan fingerprint density at radius 1 is 0.980 bits per heavy atom. The molecule has 0 saturated carbocycles. The molecule has 0 bridgehead atoms. The van der Waals surface area contributed by atoms with Crippen LogP contribution in [0.4, 0.5) is 0 Å².